The van der Waals surface area contributed by atoms with Crippen LogP contribution in [0.5, 0.6) is 0 Å². The van der Waals surface area contributed by atoms with E-state index in [-0.39, 0.29) is 23.6 Å². The molecule has 0 spiro atoms. The SMILES string of the molecule is C[Si](C)(C)c1cccc(-c2ccc(N(C3=C4C=CC5=C6C(=CC=C(C=C3)C46)C(N(c3ccc(F)cc3)c3ccc(-c4cccc([Si](C)(C)C)c4)cc3-c3cccc([Si](C)(C)C)c3)C=C5)c3ccc(F)cc3)c(-c3cccc([Si](C)(C)C)c3)c2)c1. The van der Waals surface area contributed by atoms with E-state index in [1.54, 1.807) is 24.3 Å². The van der Waals surface area contributed by atoms with Crippen LogP contribution in [0.2, 0.25) is 78.6 Å². The van der Waals surface area contributed by atoms with Crippen LogP contribution >= 0.6 is 0 Å². The Kier molecular flexibility index (Phi) is 14.7. The third kappa shape index (κ3) is 11.0. The average Bonchev–Trinajstić information content (AvgIpc) is 1.15. The summed E-state index contributed by atoms with van der Waals surface area (Å²) in [5.74, 6) is -0.656. The summed E-state index contributed by atoms with van der Waals surface area (Å²) in [5.41, 5.74) is 20.1. The Balaban J connectivity index is 1.03. The molecule has 8 aromatic carbocycles. The molecule has 4 aliphatic rings. The first-order valence-electron chi connectivity index (χ1n) is 29.8. The minimum absolute atomic E-state index is 0.105. The normalized spacial score (nSPS) is 16.6. The fourth-order valence-electron chi connectivity index (χ4n) is 12.5. The summed E-state index contributed by atoms with van der Waals surface area (Å²) in [6.07, 6.45) is 18.5. The molecule has 4 aliphatic carbocycles. The van der Waals surface area contributed by atoms with Gasteiger partial charge in [-0.05, 0) is 140 Å². The third-order valence-electron chi connectivity index (χ3n) is 17.4. The van der Waals surface area contributed by atoms with Gasteiger partial charge < -0.3 is 9.80 Å². The number of rotatable bonds is 14. The summed E-state index contributed by atoms with van der Waals surface area (Å²) < 4.78 is 30.4. The van der Waals surface area contributed by atoms with Gasteiger partial charge in [0, 0.05) is 34.1 Å². The van der Waals surface area contributed by atoms with E-state index in [9.17, 15) is 0 Å². The topological polar surface area (TPSA) is 6.48 Å². The van der Waals surface area contributed by atoms with E-state index in [2.05, 4.69) is 270 Å². The molecule has 2 atom stereocenters. The predicted molar refractivity (Wildman–Crippen MR) is 369 cm³/mol. The number of hydrogen-bond donors (Lipinski definition) is 0. The van der Waals surface area contributed by atoms with Crippen molar-refractivity contribution < 1.29 is 8.78 Å². The second-order valence-electron chi connectivity index (χ2n) is 27.3. The fraction of sp³-hybridized carbons (Fsp3) is 0.184. The first-order valence-corrected chi connectivity index (χ1v) is 43.8. The molecule has 0 radical (unpaired) electrons. The van der Waals surface area contributed by atoms with Crippen LogP contribution in [-0.4, -0.2) is 38.3 Å². The van der Waals surface area contributed by atoms with Crippen molar-refractivity contribution in [3.05, 3.63) is 276 Å². The average molecular weight is 1170 g/mol. The monoisotopic (exact) mass is 1170 g/mol. The Morgan fingerprint density at radius 3 is 1.32 bits per heavy atom. The molecule has 0 saturated carbocycles. The van der Waals surface area contributed by atoms with Gasteiger partial charge >= 0.3 is 0 Å². The van der Waals surface area contributed by atoms with Crippen molar-refractivity contribution in [3.63, 3.8) is 0 Å². The molecule has 0 amide bonds. The number of nitrogens with zero attached hydrogens (tertiary/aromatic N) is 2. The van der Waals surface area contributed by atoms with Gasteiger partial charge in [0.2, 0.25) is 0 Å². The number of allylic oxidation sites excluding steroid dienone is 10. The number of anilines is 4. The molecule has 0 saturated heterocycles. The van der Waals surface area contributed by atoms with E-state index < -0.39 is 32.3 Å². The zero-order valence-corrected chi connectivity index (χ0v) is 54.7. The van der Waals surface area contributed by atoms with Gasteiger partial charge in [0.05, 0.1) is 49.7 Å². The molecule has 0 bridgehead atoms. The fourth-order valence-corrected chi connectivity index (χ4v) is 17.3. The quantitative estimate of drug-likeness (QED) is 0.100. The third-order valence-corrected chi connectivity index (χ3v) is 25.5. The molecule has 0 heterocycles. The predicted octanol–water partition coefficient (Wildman–Crippen LogP) is 18.9. The first-order chi connectivity index (χ1) is 40.0. The maximum Gasteiger partial charge on any atom is 0.123 e. The van der Waals surface area contributed by atoms with Gasteiger partial charge in [-0.1, -0.05) is 251 Å². The van der Waals surface area contributed by atoms with E-state index in [1.807, 2.05) is 24.3 Å². The standard InChI is InChI=1S/C76H76F2N2Si4/c1-81(2,3)63-21-13-17-53(45-63)55-29-43-73(69(49-55)57-19-15-23-65(47-57)83(7,8)9)79(61-35-31-59(77)32-36-61)71-41-27-51-26-40-68-72(42-28-52-25-39-67(71)75(51)76(52)68)80(62-37-33-60(78)34-38-62)74-44-30-56(54-18-14-22-64(46-54)82(4,5)6)50-70(74)58-20-16-24-66(48-58)84(10,11)12/h13-50,71,76H,1-12H3. The van der Waals surface area contributed by atoms with Gasteiger partial charge in [-0.25, -0.2) is 8.78 Å². The van der Waals surface area contributed by atoms with E-state index >= 15 is 8.78 Å². The largest absolute Gasteiger partial charge is 0.330 e. The lowest BCUT2D eigenvalue weighted by atomic mass is 9.67. The molecule has 0 fully saturated rings. The molecule has 0 aliphatic heterocycles. The number of hydrogen-bond acceptors (Lipinski definition) is 2. The van der Waals surface area contributed by atoms with Gasteiger partial charge in [-0.2, -0.15) is 0 Å². The minimum Gasteiger partial charge on any atom is -0.330 e. The highest BCUT2D eigenvalue weighted by atomic mass is 28.3. The summed E-state index contributed by atoms with van der Waals surface area (Å²) >= 11 is 0. The lowest BCUT2D eigenvalue weighted by Crippen LogP contribution is -2.38. The van der Waals surface area contributed by atoms with Gasteiger partial charge in [0.25, 0.3) is 0 Å². The van der Waals surface area contributed by atoms with E-state index in [0.717, 1.165) is 61.8 Å². The Hall–Kier alpha value is -7.73. The Labute approximate surface area is 502 Å². The Morgan fingerprint density at radius 1 is 0.381 bits per heavy atom. The zero-order valence-electron chi connectivity index (χ0n) is 50.7. The Bertz CT molecular complexity index is 4150. The molecule has 8 heteroatoms. The van der Waals surface area contributed by atoms with Crippen molar-refractivity contribution in [2.45, 2.75) is 84.6 Å². The lowest BCUT2D eigenvalue weighted by molar-refractivity contribution is 0.627. The van der Waals surface area contributed by atoms with E-state index in [4.69, 9.17) is 0 Å². The van der Waals surface area contributed by atoms with Crippen molar-refractivity contribution >= 4 is 75.8 Å². The van der Waals surface area contributed by atoms with Crippen molar-refractivity contribution in [1.82, 2.24) is 0 Å². The van der Waals surface area contributed by atoms with Crippen molar-refractivity contribution in [2.24, 2.45) is 5.92 Å². The highest BCUT2D eigenvalue weighted by molar-refractivity contribution is 6.90. The summed E-state index contributed by atoms with van der Waals surface area (Å²) in [6, 6.07) is 64.4. The van der Waals surface area contributed by atoms with Crippen molar-refractivity contribution in [3.8, 4) is 44.5 Å². The smallest absolute Gasteiger partial charge is 0.123 e. The van der Waals surface area contributed by atoms with Crippen LogP contribution in [0.25, 0.3) is 44.5 Å². The van der Waals surface area contributed by atoms with Crippen molar-refractivity contribution in [1.29, 1.82) is 0 Å². The van der Waals surface area contributed by atoms with Crippen LogP contribution in [0.1, 0.15) is 0 Å². The summed E-state index contributed by atoms with van der Waals surface area (Å²) in [7, 11) is -6.69. The van der Waals surface area contributed by atoms with E-state index in [0.29, 0.717) is 0 Å². The summed E-state index contributed by atoms with van der Waals surface area (Å²) in [4.78, 5) is 4.81. The molecule has 0 N–H and O–H groups in total. The van der Waals surface area contributed by atoms with Crippen molar-refractivity contribution in [2.75, 3.05) is 9.80 Å². The van der Waals surface area contributed by atoms with Gasteiger partial charge in [0.1, 0.15) is 11.6 Å². The maximum atomic E-state index is 15.2. The van der Waals surface area contributed by atoms with Crippen LogP contribution in [0.15, 0.2) is 264 Å². The second kappa shape index (κ2) is 21.7. The summed E-state index contributed by atoms with van der Waals surface area (Å²) in [6.45, 7) is 28.9. The molecule has 420 valence electrons. The number of benzene rings is 8. The minimum atomic E-state index is -1.73. The molecule has 0 aromatic heterocycles. The molecule has 2 nitrogen and oxygen atoms in total. The van der Waals surface area contributed by atoms with Gasteiger partial charge in [-0.3, -0.25) is 0 Å². The highest BCUT2D eigenvalue weighted by Crippen LogP contribution is 2.53. The molecular weight excluding hydrogens is 1090 g/mol. The molecule has 12 rings (SSSR count). The second-order valence-corrected chi connectivity index (χ2v) is 47.7. The van der Waals surface area contributed by atoms with Crippen LogP contribution in [-0.2, 0) is 0 Å². The highest BCUT2D eigenvalue weighted by Gasteiger charge is 2.41. The number of halogens is 2. The van der Waals surface area contributed by atoms with Gasteiger partial charge in [-0.15, -0.1) is 0 Å². The van der Waals surface area contributed by atoms with E-state index in [1.165, 1.54) is 59.7 Å². The van der Waals surface area contributed by atoms with Crippen LogP contribution in [0.4, 0.5) is 31.5 Å². The van der Waals surface area contributed by atoms with Gasteiger partial charge in [0.15, 0.2) is 0 Å². The summed E-state index contributed by atoms with van der Waals surface area (Å²) in [5, 5.41) is 5.63. The lowest BCUT2D eigenvalue weighted by Gasteiger charge is -2.44. The molecule has 84 heavy (non-hydrogen) atoms. The first kappa shape index (κ1) is 56.7. The molecule has 8 aromatic rings. The maximum absolute atomic E-state index is 15.2. The molecule has 2 unspecified atom stereocenters. The zero-order chi connectivity index (χ0) is 59.0. The molecular formula is C76H76F2N2Si4. The Morgan fingerprint density at radius 2 is 0.821 bits per heavy atom. The van der Waals surface area contributed by atoms with Crippen LogP contribution in [0.3, 0.4) is 0 Å². The van der Waals surface area contributed by atoms with Crippen LogP contribution in [0, 0.1) is 17.6 Å². The van der Waals surface area contributed by atoms with Crippen LogP contribution < -0.4 is 30.5 Å².